The molecule has 1 saturated heterocycles. The summed E-state index contributed by atoms with van der Waals surface area (Å²) in [6.45, 7) is 11.1. The van der Waals surface area contributed by atoms with Gasteiger partial charge >= 0.3 is 0 Å². The van der Waals surface area contributed by atoms with E-state index in [1.54, 1.807) is 6.07 Å². The fourth-order valence-corrected chi connectivity index (χ4v) is 4.97. The fourth-order valence-electron chi connectivity index (χ4n) is 4.97. The zero-order chi connectivity index (χ0) is 26.2. The number of ether oxygens (including phenoxy) is 1. The second kappa shape index (κ2) is 13.1. The molecule has 1 aromatic heterocycles. The Balaban J connectivity index is 1.18. The molecule has 1 aliphatic heterocycles. The van der Waals surface area contributed by atoms with Gasteiger partial charge in [-0.05, 0) is 80.4 Å². The van der Waals surface area contributed by atoms with Crippen LogP contribution in [0.5, 0.6) is 5.75 Å². The van der Waals surface area contributed by atoms with Crippen LogP contribution >= 0.6 is 0 Å². The summed E-state index contributed by atoms with van der Waals surface area (Å²) in [6, 6.07) is 4.99. The highest BCUT2D eigenvalue weighted by molar-refractivity contribution is 5.83. The van der Waals surface area contributed by atoms with E-state index in [4.69, 9.17) is 14.0 Å². The molecule has 0 N–H and O–H groups in total. The molecule has 7 nitrogen and oxygen atoms in total. The first-order chi connectivity index (χ1) is 17.9. The molecular weight excluding hydrogens is 471 g/mol. The normalized spacial score (nSPS) is 21.0. The Labute approximate surface area is 220 Å². The highest BCUT2D eigenvalue weighted by Gasteiger charge is 2.43. The third-order valence-electron chi connectivity index (χ3n) is 7.69. The van der Waals surface area contributed by atoms with Crippen LogP contribution in [0, 0.1) is 29.5 Å². The van der Waals surface area contributed by atoms with E-state index >= 15 is 0 Å². The van der Waals surface area contributed by atoms with Crippen LogP contribution in [0.2, 0.25) is 0 Å². The molecule has 2 fully saturated rings. The van der Waals surface area contributed by atoms with Gasteiger partial charge in [-0.1, -0.05) is 38.4 Å². The third-order valence-corrected chi connectivity index (χ3v) is 7.69. The number of halogens is 1. The maximum Gasteiger partial charge on any atom is 0.221 e. The Kier molecular flexibility index (Phi) is 9.58. The molecule has 8 heteroatoms. The van der Waals surface area contributed by atoms with Gasteiger partial charge in [-0.25, -0.2) is 4.39 Å². The summed E-state index contributed by atoms with van der Waals surface area (Å²) < 4.78 is 25.4. The molecule has 2 unspecified atom stereocenters. The molecule has 2 atom stereocenters. The van der Waals surface area contributed by atoms with Crippen LogP contribution < -0.4 is 4.74 Å². The van der Waals surface area contributed by atoms with Gasteiger partial charge in [0.2, 0.25) is 18.2 Å². The Morgan fingerprint density at radius 1 is 1.30 bits per heavy atom. The van der Waals surface area contributed by atoms with E-state index in [1.165, 1.54) is 31.7 Å². The zero-order valence-electron chi connectivity index (χ0n) is 22.7. The first kappa shape index (κ1) is 27.1. The van der Waals surface area contributed by atoms with Gasteiger partial charge < -0.3 is 18.9 Å². The highest BCUT2D eigenvalue weighted by atomic mass is 19.1. The number of benzene rings is 1. The lowest BCUT2D eigenvalue weighted by Crippen LogP contribution is -2.34. The van der Waals surface area contributed by atoms with Gasteiger partial charge in [0, 0.05) is 19.2 Å². The van der Waals surface area contributed by atoms with Crippen LogP contribution in [0.3, 0.4) is 0 Å². The van der Waals surface area contributed by atoms with Gasteiger partial charge in [0.05, 0.1) is 18.7 Å². The predicted molar refractivity (Wildman–Crippen MR) is 142 cm³/mol. The van der Waals surface area contributed by atoms with Crippen molar-refractivity contribution in [3.8, 4) is 5.75 Å². The van der Waals surface area contributed by atoms with Crippen molar-refractivity contribution in [2.45, 2.75) is 72.6 Å². The van der Waals surface area contributed by atoms with E-state index in [0.29, 0.717) is 35.6 Å². The second-order valence-electron chi connectivity index (χ2n) is 10.7. The number of oxime groups is 1. The average Bonchev–Trinajstić information content (AvgIpc) is 3.48. The molecule has 1 aliphatic carbocycles. The van der Waals surface area contributed by atoms with E-state index < -0.39 is 0 Å². The SMILES string of the molecule is CCC/C=C(/O/N=C(\C)C(C)C)N1CCC(C2CC2CCOc2ccc(Cc3nnco3)c(F)c2)CC1. The Morgan fingerprint density at radius 3 is 2.78 bits per heavy atom. The summed E-state index contributed by atoms with van der Waals surface area (Å²) in [6.07, 6.45) is 10.5. The van der Waals surface area contributed by atoms with E-state index in [9.17, 15) is 4.39 Å². The Morgan fingerprint density at radius 2 is 2.11 bits per heavy atom. The van der Waals surface area contributed by atoms with E-state index in [-0.39, 0.29) is 12.2 Å². The number of aromatic nitrogens is 2. The quantitative estimate of drug-likeness (QED) is 0.171. The van der Waals surface area contributed by atoms with Gasteiger partial charge in [0.15, 0.2) is 0 Å². The van der Waals surface area contributed by atoms with Crippen LogP contribution in [-0.2, 0) is 11.3 Å². The number of unbranched alkanes of at least 4 members (excludes halogenated alkanes) is 1. The smallest absolute Gasteiger partial charge is 0.221 e. The second-order valence-corrected chi connectivity index (χ2v) is 10.7. The lowest BCUT2D eigenvalue weighted by Gasteiger charge is -2.34. The number of rotatable bonds is 13. The molecule has 2 aromatic rings. The third kappa shape index (κ3) is 7.79. The van der Waals surface area contributed by atoms with Gasteiger partial charge in [-0.3, -0.25) is 0 Å². The summed E-state index contributed by atoms with van der Waals surface area (Å²) >= 11 is 0. The maximum absolute atomic E-state index is 14.4. The molecule has 4 rings (SSSR count). The van der Waals surface area contributed by atoms with E-state index in [0.717, 1.165) is 55.8 Å². The molecule has 1 aromatic carbocycles. The minimum absolute atomic E-state index is 0.279. The molecule has 2 aliphatic rings. The van der Waals surface area contributed by atoms with Crippen LogP contribution in [0.1, 0.15) is 77.7 Å². The first-order valence-corrected chi connectivity index (χ1v) is 13.8. The summed E-state index contributed by atoms with van der Waals surface area (Å²) in [4.78, 5) is 8.26. The number of hydrogen-bond donors (Lipinski definition) is 0. The Hall–Kier alpha value is -2.90. The molecule has 2 heterocycles. The Bertz CT molecular complexity index is 1050. The summed E-state index contributed by atoms with van der Waals surface area (Å²) in [7, 11) is 0. The molecule has 37 heavy (non-hydrogen) atoms. The molecule has 0 bridgehead atoms. The minimum Gasteiger partial charge on any atom is -0.493 e. The summed E-state index contributed by atoms with van der Waals surface area (Å²) in [5.41, 5.74) is 1.54. The largest absolute Gasteiger partial charge is 0.493 e. The highest BCUT2D eigenvalue weighted by Crippen LogP contribution is 2.50. The molecule has 0 amide bonds. The van der Waals surface area contributed by atoms with Gasteiger partial charge in [0.1, 0.15) is 11.6 Å². The zero-order valence-corrected chi connectivity index (χ0v) is 22.7. The molecule has 0 spiro atoms. The first-order valence-electron chi connectivity index (χ1n) is 13.8. The molecular formula is C29H41FN4O3. The van der Waals surface area contributed by atoms with Crippen LogP contribution in [0.15, 0.2) is 46.1 Å². The number of hydrogen-bond acceptors (Lipinski definition) is 7. The number of allylic oxidation sites excluding steroid dienone is 1. The molecule has 0 radical (unpaired) electrons. The number of piperidine rings is 1. The monoisotopic (exact) mass is 512 g/mol. The van der Waals surface area contributed by atoms with Crippen molar-refractivity contribution in [1.82, 2.24) is 15.1 Å². The van der Waals surface area contributed by atoms with E-state index in [2.05, 4.69) is 47.1 Å². The summed E-state index contributed by atoms with van der Waals surface area (Å²) in [5.74, 6) is 4.20. The van der Waals surface area contributed by atoms with Crippen molar-refractivity contribution >= 4 is 5.71 Å². The standard InChI is InChI=1S/C29H41FN4O3/c1-5-6-7-29(37-33-21(4)20(2)3)34-13-10-22(11-14-34)26-16-23(26)12-15-35-25-9-8-24(27(30)18-25)17-28-32-31-19-36-28/h7-9,18-20,22-23,26H,5-6,10-17H2,1-4H3/b29-7+,33-21+. The van der Waals surface area contributed by atoms with Gasteiger partial charge in [-0.2, -0.15) is 0 Å². The van der Waals surface area contributed by atoms with Crippen molar-refractivity contribution in [2.24, 2.45) is 28.8 Å². The topological polar surface area (TPSA) is 73.0 Å². The molecule has 202 valence electrons. The minimum atomic E-state index is -0.312. The van der Waals surface area contributed by atoms with Crippen molar-refractivity contribution in [1.29, 1.82) is 0 Å². The van der Waals surface area contributed by atoms with Crippen molar-refractivity contribution in [3.05, 3.63) is 53.8 Å². The average molecular weight is 513 g/mol. The van der Waals surface area contributed by atoms with Crippen molar-refractivity contribution in [2.75, 3.05) is 19.7 Å². The van der Waals surface area contributed by atoms with Crippen molar-refractivity contribution in [3.63, 3.8) is 0 Å². The summed E-state index contributed by atoms with van der Waals surface area (Å²) in [5, 5.41) is 11.8. The van der Waals surface area contributed by atoms with Gasteiger partial charge in [0.25, 0.3) is 0 Å². The number of nitrogens with zero attached hydrogens (tertiary/aromatic N) is 4. The van der Waals surface area contributed by atoms with Crippen LogP contribution in [-0.4, -0.2) is 40.5 Å². The van der Waals surface area contributed by atoms with Crippen LogP contribution in [0.4, 0.5) is 4.39 Å². The lowest BCUT2D eigenvalue weighted by atomic mass is 9.90. The number of likely N-dealkylation sites (tertiary alicyclic amines) is 1. The van der Waals surface area contributed by atoms with Crippen LogP contribution in [0.25, 0.3) is 0 Å². The maximum atomic E-state index is 14.4. The van der Waals surface area contributed by atoms with E-state index in [1.807, 2.05) is 13.0 Å². The lowest BCUT2D eigenvalue weighted by molar-refractivity contribution is 0.0849. The predicted octanol–water partition coefficient (Wildman–Crippen LogP) is 6.61. The van der Waals surface area contributed by atoms with Crippen molar-refractivity contribution < 1.29 is 18.4 Å². The molecule has 1 saturated carbocycles. The fraction of sp³-hybridized carbons (Fsp3) is 0.621. The van der Waals surface area contributed by atoms with Gasteiger partial charge in [-0.15, -0.1) is 10.2 Å².